The van der Waals surface area contributed by atoms with E-state index >= 15 is 0 Å². The molecule has 0 aromatic rings. The van der Waals surface area contributed by atoms with Crippen LogP contribution in [0, 0.1) is 0 Å². The minimum absolute atomic E-state index is 0.00303. The van der Waals surface area contributed by atoms with Crippen LogP contribution in [0.3, 0.4) is 0 Å². The molecule has 0 aromatic carbocycles. The van der Waals surface area contributed by atoms with Crippen molar-refractivity contribution in [2.45, 2.75) is 278 Å². The zero-order valence-electron chi connectivity index (χ0n) is 43.5. The molecule has 12 heteroatoms. The number of esters is 1. The molecule has 6 N–H and O–H groups in total. The fraction of sp³-hybridized carbons (Fsp3) is 0.942. The fourth-order valence-corrected chi connectivity index (χ4v) is 7.54. The van der Waals surface area contributed by atoms with Gasteiger partial charge in [0.15, 0.2) is 0 Å². The van der Waals surface area contributed by atoms with Gasteiger partial charge >= 0.3 is 17.9 Å². The molecule has 0 aliphatic rings. The molecule has 0 saturated heterocycles. The van der Waals surface area contributed by atoms with Crippen LogP contribution in [0.1, 0.15) is 255 Å². The maximum Gasteiger partial charge on any atom is 0.348 e. The van der Waals surface area contributed by atoms with Gasteiger partial charge in [-0.3, -0.25) is 4.79 Å². The summed E-state index contributed by atoms with van der Waals surface area (Å²) < 4.78 is 6.07. The number of nitrogens with zero attached hydrogens (tertiary/aromatic N) is 1. The first kappa shape index (κ1) is 62.2. The Kier molecular flexibility index (Phi) is 39.1. The summed E-state index contributed by atoms with van der Waals surface area (Å²) in [4.78, 5) is 53.5. The molecule has 0 saturated carbocycles. The molecule has 0 bridgehead atoms. The van der Waals surface area contributed by atoms with Gasteiger partial charge in [0.05, 0.1) is 11.8 Å². The van der Waals surface area contributed by atoms with E-state index in [9.17, 15) is 14.4 Å². The normalized spacial score (nSPS) is 12.8. The Bertz CT molecular complexity index is 1070. The van der Waals surface area contributed by atoms with Crippen LogP contribution < -0.4 is 27.0 Å². The first-order chi connectivity index (χ1) is 30.7. The standard InChI is InChI=1S/C52H106N6O6/c1-10-13-16-19-22-25-28-31-34-37-41-55-50(4,5)47(59)62-46(45-54-44-40-53)58(63-48(60)51(6,7)56-42-38-35-32-29-26-23-20-17-14-11-2)64-49(61)52(8,9)57-43-39-36-33-30-27-24-21-18-15-12-3/h46,54-57H,10-45,53H2,1-9H3. The first-order valence-corrected chi connectivity index (χ1v) is 26.8. The van der Waals surface area contributed by atoms with Gasteiger partial charge in [0.2, 0.25) is 6.23 Å². The summed E-state index contributed by atoms with van der Waals surface area (Å²) in [6.45, 7) is 19.9. The predicted octanol–water partition coefficient (Wildman–Crippen LogP) is 11.5. The van der Waals surface area contributed by atoms with Crippen LogP contribution in [-0.4, -0.2) is 85.2 Å². The topological polar surface area (TPSA) is 156 Å². The van der Waals surface area contributed by atoms with Crippen molar-refractivity contribution in [3.63, 3.8) is 0 Å². The fourth-order valence-electron chi connectivity index (χ4n) is 7.54. The van der Waals surface area contributed by atoms with Gasteiger partial charge in [0, 0.05) is 13.1 Å². The molecule has 0 heterocycles. The maximum atomic E-state index is 13.9. The Balaban J connectivity index is 5.66. The van der Waals surface area contributed by atoms with Crippen molar-refractivity contribution in [3.8, 4) is 0 Å². The molecule has 1 unspecified atom stereocenters. The molecule has 0 spiro atoms. The van der Waals surface area contributed by atoms with Crippen molar-refractivity contribution in [3.05, 3.63) is 0 Å². The third kappa shape index (κ3) is 33.6. The number of rotatable bonds is 47. The zero-order valence-corrected chi connectivity index (χ0v) is 43.5. The van der Waals surface area contributed by atoms with Crippen LogP contribution in [0.4, 0.5) is 0 Å². The number of unbranched alkanes of at least 4 members (excludes halogenated alkanes) is 27. The summed E-state index contributed by atoms with van der Waals surface area (Å²) >= 11 is 0. The van der Waals surface area contributed by atoms with Crippen molar-refractivity contribution in [1.29, 1.82) is 0 Å². The molecule has 0 aliphatic carbocycles. The Hall–Kier alpha value is -1.83. The molecule has 0 fully saturated rings. The maximum absolute atomic E-state index is 13.9. The highest BCUT2D eigenvalue weighted by Crippen LogP contribution is 2.19. The van der Waals surface area contributed by atoms with Gasteiger partial charge in [-0.05, 0) is 80.4 Å². The van der Waals surface area contributed by atoms with Gasteiger partial charge in [0.1, 0.15) is 16.6 Å². The van der Waals surface area contributed by atoms with Gasteiger partial charge in [-0.1, -0.05) is 194 Å². The SMILES string of the molecule is CCCCCCCCCCCCNC(C)(C)C(=O)OC(CNCCN)N(OC(=O)C(C)(C)NCCCCCCCCCCCC)OC(=O)C(C)(C)NCCCCCCCCCCCC. The molecule has 12 nitrogen and oxygen atoms in total. The summed E-state index contributed by atoms with van der Waals surface area (Å²) in [7, 11) is 0. The number of hydrogen-bond donors (Lipinski definition) is 5. The lowest BCUT2D eigenvalue weighted by Gasteiger charge is -2.35. The smallest absolute Gasteiger partial charge is 0.348 e. The predicted molar refractivity (Wildman–Crippen MR) is 268 cm³/mol. The lowest BCUT2D eigenvalue weighted by molar-refractivity contribution is -0.378. The summed E-state index contributed by atoms with van der Waals surface area (Å²) in [5.74, 6) is -1.89. The molecule has 0 rings (SSSR count). The number of carbonyl (C=O) groups excluding carboxylic acids is 3. The second-order valence-corrected chi connectivity index (χ2v) is 20.1. The van der Waals surface area contributed by atoms with E-state index in [1.807, 2.05) is 0 Å². The van der Waals surface area contributed by atoms with Crippen LogP contribution >= 0.6 is 0 Å². The zero-order chi connectivity index (χ0) is 47.8. The van der Waals surface area contributed by atoms with Crippen molar-refractivity contribution in [2.75, 3.05) is 39.3 Å². The molecule has 0 radical (unpaired) electrons. The van der Waals surface area contributed by atoms with E-state index in [2.05, 4.69) is 42.0 Å². The average molecular weight is 911 g/mol. The van der Waals surface area contributed by atoms with Crippen molar-refractivity contribution in [2.24, 2.45) is 5.73 Å². The summed E-state index contributed by atoms with van der Waals surface area (Å²) in [5.41, 5.74) is 2.51. The van der Waals surface area contributed by atoms with Gasteiger partial charge in [-0.15, -0.1) is 0 Å². The number of hydrogen-bond acceptors (Lipinski definition) is 12. The van der Waals surface area contributed by atoms with Crippen molar-refractivity contribution < 1.29 is 28.8 Å². The second kappa shape index (κ2) is 40.3. The monoisotopic (exact) mass is 911 g/mol. The van der Waals surface area contributed by atoms with Gasteiger partial charge in [-0.25, -0.2) is 9.59 Å². The Morgan fingerprint density at radius 1 is 0.422 bits per heavy atom. The van der Waals surface area contributed by atoms with E-state index in [-0.39, 0.29) is 6.54 Å². The van der Waals surface area contributed by atoms with E-state index < -0.39 is 40.8 Å². The van der Waals surface area contributed by atoms with Crippen LogP contribution in [0.5, 0.6) is 0 Å². The van der Waals surface area contributed by atoms with Crippen LogP contribution in [-0.2, 0) is 28.8 Å². The summed E-state index contributed by atoms with van der Waals surface area (Å²) in [6, 6.07) is 0. The van der Waals surface area contributed by atoms with E-state index in [4.69, 9.17) is 20.1 Å². The molecular formula is C52H106N6O6. The molecular weight excluding hydrogens is 805 g/mol. The highest BCUT2D eigenvalue weighted by atomic mass is 17.0. The molecule has 0 aromatic heterocycles. The quantitative estimate of drug-likeness (QED) is 0.0171. The second-order valence-electron chi connectivity index (χ2n) is 20.1. The summed E-state index contributed by atoms with van der Waals surface area (Å²) in [5, 5.41) is 14.0. The molecule has 64 heavy (non-hydrogen) atoms. The highest BCUT2D eigenvalue weighted by molar-refractivity contribution is 5.81. The Morgan fingerprint density at radius 3 is 0.969 bits per heavy atom. The Labute approximate surface area is 394 Å². The van der Waals surface area contributed by atoms with E-state index in [0.717, 1.165) is 43.8 Å². The van der Waals surface area contributed by atoms with Gasteiger partial charge in [-0.2, -0.15) is 0 Å². The largest absolute Gasteiger partial charge is 0.437 e. The number of ether oxygens (including phenoxy) is 1. The minimum atomic E-state index is -1.29. The van der Waals surface area contributed by atoms with Gasteiger partial charge < -0.3 is 41.4 Å². The lowest BCUT2D eigenvalue weighted by Crippen LogP contribution is -2.58. The van der Waals surface area contributed by atoms with E-state index in [0.29, 0.717) is 32.7 Å². The van der Waals surface area contributed by atoms with E-state index in [1.165, 1.54) is 154 Å². The number of carbonyl (C=O) groups is 3. The molecule has 380 valence electrons. The number of nitrogens with one attached hydrogen (secondary N) is 4. The average Bonchev–Trinajstić information content (AvgIpc) is 3.25. The highest BCUT2D eigenvalue weighted by Gasteiger charge is 2.41. The Morgan fingerprint density at radius 2 is 0.688 bits per heavy atom. The first-order valence-electron chi connectivity index (χ1n) is 26.8. The number of hydroxylamine groups is 2. The molecule has 0 amide bonds. The third-order valence-electron chi connectivity index (χ3n) is 12.3. The van der Waals surface area contributed by atoms with Crippen LogP contribution in [0.2, 0.25) is 0 Å². The summed E-state index contributed by atoms with van der Waals surface area (Å²) in [6.07, 6.45) is 35.4. The number of nitrogens with two attached hydrogens (primary N) is 1. The molecule has 1 atom stereocenters. The van der Waals surface area contributed by atoms with Crippen molar-refractivity contribution in [1.82, 2.24) is 26.5 Å². The van der Waals surface area contributed by atoms with Crippen molar-refractivity contribution >= 4 is 17.9 Å². The van der Waals surface area contributed by atoms with Crippen LogP contribution in [0.15, 0.2) is 0 Å². The van der Waals surface area contributed by atoms with E-state index in [1.54, 1.807) is 41.5 Å². The van der Waals surface area contributed by atoms with Gasteiger partial charge in [0.25, 0.3) is 0 Å². The molecule has 0 aliphatic heterocycles. The minimum Gasteiger partial charge on any atom is -0.437 e. The van der Waals surface area contributed by atoms with Crippen LogP contribution in [0.25, 0.3) is 0 Å². The lowest BCUT2D eigenvalue weighted by atomic mass is 10.0. The third-order valence-corrected chi connectivity index (χ3v) is 12.3.